The number of likely N-dealkylation sites (tertiary alicyclic amines) is 1. The van der Waals surface area contributed by atoms with Crippen LogP contribution < -0.4 is 5.73 Å². The highest BCUT2D eigenvalue weighted by Gasteiger charge is 2.36. The molecule has 1 atom stereocenters. The third-order valence-corrected chi connectivity index (χ3v) is 4.35. The molecule has 5 heteroatoms. The molecular formula is C17H21N3O2. The maximum absolute atomic E-state index is 12.7. The van der Waals surface area contributed by atoms with E-state index in [1.807, 2.05) is 35.2 Å². The number of nitrogens with zero attached hydrogens (tertiary/aromatic N) is 2. The quantitative estimate of drug-likeness (QED) is 0.945. The van der Waals surface area contributed by atoms with Crippen molar-refractivity contribution in [3.63, 3.8) is 0 Å². The molecule has 0 bridgehead atoms. The molecule has 1 fully saturated rings. The molecule has 1 unspecified atom stereocenters. The van der Waals surface area contributed by atoms with E-state index in [1.54, 1.807) is 6.92 Å². The minimum absolute atomic E-state index is 0.00580. The Morgan fingerprint density at radius 2 is 2.14 bits per heavy atom. The number of amides is 1. The van der Waals surface area contributed by atoms with Crippen molar-refractivity contribution in [3.05, 3.63) is 41.8 Å². The SMILES string of the molecule is Cc1nc(-c2ccccc2)oc1C(=O)N1CCC(C)(CN)C1. The number of carbonyl (C=O) groups excluding carboxylic acids is 1. The molecular weight excluding hydrogens is 278 g/mol. The molecule has 0 spiro atoms. The number of benzene rings is 1. The minimum atomic E-state index is -0.0932. The van der Waals surface area contributed by atoms with E-state index in [0.717, 1.165) is 12.0 Å². The molecule has 0 saturated carbocycles. The van der Waals surface area contributed by atoms with Crippen LogP contribution >= 0.6 is 0 Å². The van der Waals surface area contributed by atoms with Gasteiger partial charge in [0, 0.05) is 18.7 Å². The molecule has 1 aliphatic heterocycles. The first-order valence-electron chi connectivity index (χ1n) is 7.55. The molecule has 1 aliphatic rings. The van der Waals surface area contributed by atoms with Crippen LogP contribution in [0.2, 0.25) is 0 Å². The van der Waals surface area contributed by atoms with E-state index in [9.17, 15) is 4.79 Å². The smallest absolute Gasteiger partial charge is 0.291 e. The predicted octanol–water partition coefficient (Wildman–Crippen LogP) is 2.46. The van der Waals surface area contributed by atoms with Crippen molar-refractivity contribution in [3.8, 4) is 11.5 Å². The normalized spacial score (nSPS) is 21.3. The average molecular weight is 299 g/mol. The van der Waals surface area contributed by atoms with Crippen LogP contribution in [0.4, 0.5) is 0 Å². The van der Waals surface area contributed by atoms with Gasteiger partial charge in [0.25, 0.3) is 5.91 Å². The highest BCUT2D eigenvalue weighted by molar-refractivity contribution is 5.93. The lowest BCUT2D eigenvalue weighted by atomic mass is 9.90. The second kappa shape index (κ2) is 5.57. The number of hydrogen-bond acceptors (Lipinski definition) is 4. The monoisotopic (exact) mass is 299 g/mol. The molecule has 2 heterocycles. The highest BCUT2D eigenvalue weighted by Crippen LogP contribution is 2.30. The van der Waals surface area contributed by atoms with Crippen molar-refractivity contribution >= 4 is 5.91 Å². The van der Waals surface area contributed by atoms with E-state index in [2.05, 4.69) is 11.9 Å². The number of nitrogens with two attached hydrogens (primary N) is 1. The Kier molecular flexibility index (Phi) is 3.74. The number of oxazole rings is 1. The third-order valence-electron chi connectivity index (χ3n) is 4.35. The van der Waals surface area contributed by atoms with Crippen molar-refractivity contribution in [1.82, 2.24) is 9.88 Å². The van der Waals surface area contributed by atoms with Gasteiger partial charge in [-0.25, -0.2) is 4.98 Å². The van der Waals surface area contributed by atoms with Crippen LogP contribution in [-0.2, 0) is 0 Å². The number of aryl methyl sites for hydroxylation is 1. The number of rotatable bonds is 3. The van der Waals surface area contributed by atoms with Gasteiger partial charge in [-0.15, -0.1) is 0 Å². The van der Waals surface area contributed by atoms with Gasteiger partial charge in [-0.2, -0.15) is 0 Å². The molecule has 5 nitrogen and oxygen atoms in total. The van der Waals surface area contributed by atoms with Gasteiger partial charge in [0.2, 0.25) is 11.7 Å². The fourth-order valence-corrected chi connectivity index (χ4v) is 2.81. The summed E-state index contributed by atoms with van der Waals surface area (Å²) in [4.78, 5) is 18.9. The molecule has 3 rings (SSSR count). The Morgan fingerprint density at radius 1 is 1.41 bits per heavy atom. The first-order valence-corrected chi connectivity index (χ1v) is 7.55. The van der Waals surface area contributed by atoms with Gasteiger partial charge in [0.1, 0.15) is 0 Å². The van der Waals surface area contributed by atoms with Gasteiger partial charge >= 0.3 is 0 Å². The van der Waals surface area contributed by atoms with Crippen molar-refractivity contribution in [2.24, 2.45) is 11.1 Å². The Bertz CT molecular complexity index is 680. The predicted molar refractivity (Wildman–Crippen MR) is 84.4 cm³/mol. The summed E-state index contributed by atoms with van der Waals surface area (Å²) in [5.41, 5.74) is 7.31. The Labute approximate surface area is 130 Å². The summed E-state index contributed by atoms with van der Waals surface area (Å²) in [6.07, 6.45) is 0.925. The van der Waals surface area contributed by atoms with E-state index in [0.29, 0.717) is 37.0 Å². The fourth-order valence-electron chi connectivity index (χ4n) is 2.81. The van der Waals surface area contributed by atoms with Crippen LogP contribution in [0.15, 0.2) is 34.7 Å². The van der Waals surface area contributed by atoms with Crippen LogP contribution in [0, 0.1) is 12.3 Å². The van der Waals surface area contributed by atoms with E-state index in [1.165, 1.54) is 0 Å². The minimum Gasteiger partial charge on any atom is -0.431 e. The Morgan fingerprint density at radius 3 is 2.77 bits per heavy atom. The van der Waals surface area contributed by atoms with E-state index in [4.69, 9.17) is 10.2 Å². The molecule has 1 saturated heterocycles. The number of hydrogen-bond donors (Lipinski definition) is 1. The van der Waals surface area contributed by atoms with Gasteiger partial charge in [-0.05, 0) is 37.4 Å². The van der Waals surface area contributed by atoms with Crippen molar-refractivity contribution in [2.45, 2.75) is 20.3 Å². The summed E-state index contributed by atoms with van der Waals surface area (Å²) < 4.78 is 5.74. The summed E-state index contributed by atoms with van der Waals surface area (Å²) in [5, 5.41) is 0. The maximum Gasteiger partial charge on any atom is 0.291 e. The van der Waals surface area contributed by atoms with Crippen LogP contribution in [0.3, 0.4) is 0 Å². The van der Waals surface area contributed by atoms with E-state index < -0.39 is 0 Å². The zero-order chi connectivity index (χ0) is 15.7. The summed E-state index contributed by atoms with van der Waals surface area (Å²) in [5.74, 6) is 0.728. The van der Waals surface area contributed by atoms with Gasteiger partial charge < -0.3 is 15.1 Å². The lowest BCUT2D eigenvalue weighted by Gasteiger charge is -2.22. The summed E-state index contributed by atoms with van der Waals surface area (Å²) in [6, 6.07) is 9.61. The lowest BCUT2D eigenvalue weighted by Crippen LogP contribution is -2.34. The molecule has 1 aromatic carbocycles. The third kappa shape index (κ3) is 2.64. The Hall–Kier alpha value is -2.14. The van der Waals surface area contributed by atoms with Crippen molar-refractivity contribution in [2.75, 3.05) is 19.6 Å². The molecule has 2 N–H and O–H groups in total. The molecule has 0 aliphatic carbocycles. The topological polar surface area (TPSA) is 72.4 Å². The standard InChI is InChI=1S/C17H21N3O2/c1-12-14(16(21)20-9-8-17(2,10-18)11-20)22-15(19-12)13-6-4-3-5-7-13/h3-7H,8-11,18H2,1-2H3. The number of carbonyl (C=O) groups is 1. The molecule has 1 aromatic heterocycles. The zero-order valence-corrected chi connectivity index (χ0v) is 13.0. The first kappa shape index (κ1) is 14.8. The summed E-state index contributed by atoms with van der Waals surface area (Å²) >= 11 is 0. The molecule has 22 heavy (non-hydrogen) atoms. The van der Waals surface area contributed by atoms with Gasteiger partial charge in [0.05, 0.1) is 5.69 Å². The van der Waals surface area contributed by atoms with Crippen LogP contribution in [0.1, 0.15) is 29.6 Å². The fraction of sp³-hybridized carbons (Fsp3) is 0.412. The summed E-state index contributed by atoms with van der Waals surface area (Å²) in [7, 11) is 0. The second-order valence-electron chi connectivity index (χ2n) is 6.29. The van der Waals surface area contributed by atoms with Crippen LogP contribution in [0.25, 0.3) is 11.5 Å². The Balaban J connectivity index is 1.84. The molecule has 2 aromatic rings. The van der Waals surface area contributed by atoms with Gasteiger partial charge in [0.15, 0.2) is 0 Å². The maximum atomic E-state index is 12.7. The van der Waals surface area contributed by atoms with E-state index in [-0.39, 0.29) is 11.3 Å². The van der Waals surface area contributed by atoms with Gasteiger partial charge in [-0.3, -0.25) is 4.79 Å². The van der Waals surface area contributed by atoms with Gasteiger partial charge in [-0.1, -0.05) is 25.1 Å². The molecule has 116 valence electrons. The molecule has 0 radical (unpaired) electrons. The van der Waals surface area contributed by atoms with Crippen molar-refractivity contribution < 1.29 is 9.21 Å². The van der Waals surface area contributed by atoms with Crippen LogP contribution in [-0.4, -0.2) is 35.4 Å². The van der Waals surface area contributed by atoms with E-state index >= 15 is 0 Å². The van der Waals surface area contributed by atoms with Crippen molar-refractivity contribution in [1.29, 1.82) is 0 Å². The summed E-state index contributed by atoms with van der Waals surface area (Å²) in [6.45, 7) is 5.89. The number of aromatic nitrogens is 1. The highest BCUT2D eigenvalue weighted by atomic mass is 16.4. The zero-order valence-electron chi connectivity index (χ0n) is 13.0. The van der Waals surface area contributed by atoms with Crippen LogP contribution in [0.5, 0.6) is 0 Å². The average Bonchev–Trinajstić information content (AvgIpc) is 3.12. The largest absolute Gasteiger partial charge is 0.431 e. The second-order valence-corrected chi connectivity index (χ2v) is 6.29. The lowest BCUT2D eigenvalue weighted by molar-refractivity contribution is 0.0745. The first-order chi connectivity index (χ1) is 10.5. The molecule has 1 amide bonds.